The number of oxazole rings is 1. The van der Waals surface area contributed by atoms with E-state index < -0.39 is 10.8 Å². The van der Waals surface area contributed by atoms with E-state index in [9.17, 15) is 4.21 Å². The lowest BCUT2D eigenvalue weighted by Gasteiger charge is -1.92. The first-order valence-electron chi connectivity index (χ1n) is 5.57. The highest BCUT2D eigenvalue weighted by molar-refractivity contribution is 7.84. The minimum atomic E-state index is -1.33. The van der Waals surface area contributed by atoms with Crippen LogP contribution in [0.25, 0.3) is 11.1 Å². The predicted octanol–water partition coefficient (Wildman–Crippen LogP) is 2.48. The molecule has 0 fully saturated rings. The molecule has 0 saturated carbocycles. The highest BCUT2D eigenvalue weighted by Gasteiger charge is 2.15. The molecule has 2 heterocycles. The van der Waals surface area contributed by atoms with Crippen LogP contribution in [0.2, 0.25) is 0 Å². The van der Waals surface area contributed by atoms with Gasteiger partial charge in [0.2, 0.25) is 0 Å². The van der Waals surface area contributed by atoms with E-state index in [1.54, 1.807) is 18.2 Å². The number of aryl methyl sites for hydroxylation is 1. The lowest BCUT2D eigenvalue weighted by molar-refractivity contribution is 0.477. The van der Waals surface area contributed by atoms with Crippen LogP contribution in [0.15, 0.2) is 33.2 Å². The van der Waals surface area contributed by atoms with Crippen molar-refractivity contribution in [2.75, 3.05) is 5.73 Å². The summed E-state index contributed by atoms with van der Waals surface area (Å²) >= 11 is 1.49. The van der Waals surface area contributed by atoms with Crippen molar-refractivity contribution in [3.8, 4) is 0 Å². The number of benzene rings is 1. The SMILES string of the molecule is Cc1csc(CS(=O)c2nc3cc(N)ccc3o2)n1. The van der Waals surface area contributed by atoms with E-state index in [1.807, 2.05) is 12.3 Å². The highest BCUT2D eigenvalue weighted by Crippen LogP contribution is 2.22. The Morgan fingerprint density at radius 2 is 2.26 bits per heavy atom. The summed E-state index contributed by atoms with van der Waals surface area (Å²) in [6.07, 6.45) is 0. The first-order chi connectivity index (χ1) is 9.11. The molecule has 0 aliphatic rings. The van der Waals surface area contributed by atoms with E-state index in [-0.39, 0.29) is 5.22 Å². The summed E-state index contributed by atoms with van der Waals surface area (Å²) in [6, 6.07) is 5.16. The van der Waals surface area contributed by atoms with E-state index in [0.29, 0.717) is 22.5 Å². The molecular weight excluding hydrogens is 282 g/mol. The number of hydrogen-bond donors (Lipinski definition) is 1. The second-order valence-electron chi connectivity index (χ2n) is 4.08. The average molecular weight is 293 g/mol. The summed E-state index contributed by atoms with van der Waals surface area (Å²) in [5.74, 6) is 0.320. The summed E-state index contributed by atoms with van der Waals surface area (Å²) in [5.41, 5.74) is 8.42. The number of thiazole rings is 1. The van der Waals surface area contributed by atoms with Crippen molar-refractivity contribution in [1.82, 2.24) is 9.97 Å². The molecule has 0 bridgehead atoms. The van der Waals surface area contributed by atoms with Crippen molar-refractivity contribution in [2.45, 2.75) is 17.9 Å². The second-order valence-corrected chi connectivity index (χ2v) is 6.35. The lowest BCUT2D eigenvalue weighted by Crippen LogP contribution is -1.96. The molecule has 5 nitrogen and oxygen atoms in total. The molecule has 1 atom stereocenters. The zero-order valence-electron chi connectivity index (χ0n) is 10.1. The van der Waals surface area contributed by atoms with Gasteiger partial charge in [0.05, 0.1) is 5.75 Å². The Morgan fingerprint density at radius 1 is 1.42 bits per heavy atom. The zero-order valence-corrected chi connectivity index (χ0v) is 11.8. The van der Waals surface area contributed by atoms with Gasteiger partial charge in [0, 0.05) is 16.8 Å². The molecule has 0 aliphatic carbocycles. The van der Waals surface area contributed by atoms with Crippen LogP contribution in [-0.4, -0.2) is 14.2 Å². The van der Waals surface area contributed by atoms with Gasteiger partial charge < -0.3 is 10.2 Å². The van der Waals surface area contributed by atoms with Gasteiger partial charge in [-0.1, -0.05) is 0 Å². The van der Waals surface area contributed by atoms with Gasteiger partial charge in [-0.2, -0.15) is 0 Å². The number of nitrogens with two attached hydrogens (primary N) is 1. The van der Waals surface area contributed by atoms with Crippen LogP contribution in [0.1, 0.15) is 10.7 Å². The normalized spacial score (nSPS) is 12.9. The number of nitrogen functional groups attached to an aromatic ring is 1. The Hall–Kier alpha value is -1.73. The summed E-state index contributed by atoms with van der Waals surface area (Å²) in [6.45, 7) is 1.91. The molecule has 0 spiro atoms. The zero-order chi connectivity index (χ0) is 13.4. The molecule has 2 N–H and O–H groups in total. The predicted molar refractivity (Wildman–Crippen MR) is 75.4 cm³/mol. The first-order valence-corrected chi connectivity index (χ1v) is 7.77. The number of hydrogen-bond acceptors (Lipinski definition) is 6. The molecule has 0 saturated heterocycles. The van der Waals surface area contributed by atoms with E-state index in [1.165, 1.54) is 11.3 Å². The Kier molecular flexibility index (Phi) is 3.08. The molecule has 7 heteroatoms. The molecule has 2 aromatic heterocycles. The quantitative estimate of drug-likeness (QED) is 0.750. The standard InChI is InChI=1S/C12H11N3O2S2/c1-7-5-18-11(14-7)6-19(16)12-15-9-4-8(13)2-3-10(9)17-12/h2-5H,6,13H2,1H3. The third kappa shape index (κ3) is 2.52. The van der Waals surface area contributed by atoms with Crippen LogP contribution in [-0.2, 0) is 16.6 Å². The molecule has 1 unspecified atom stereocenters. The van der Waals surface area contributed by atoms with Crippen molar-refractivity contribution >= 4 is 38.9 Å². The van der Waals surface area contributed by atoms with Crippen LogP contribution in [0.3, 0.4) is 0 Å². The van der Waals surface area contributed by atoms with E-state index in [4.69, 9.17) is 10.2 Å². The third-order valence-corrected chi connectivity index (χ3v) is 4.76. The number of fused-ring (bicyclic) bond motifs is 1. The van der Waals surface area contributed by atoms with E-state index in [0.717, 1.165) is 10.7 Å². The van der Waals surface area contributed by atoms with Crippen LogP contribution in [0.4, 0.5) is 5.69 Å². The third-order valence-electron chi connectivity index (χ3n) is 2.51. The lowest BCUT2D eigenvalue weighted by atomic mass is 10.3. The summed E-state index contributed by atoms with van der Waals surface area (Å²) in [4.78, 5) is 8.49. The fourth-order valence-electron chi connectivity index (χ4n) is 1.66. The van der Waals surface area contributed by atoms with Gasteiger partial charge in [-0.15, -0.1) is 11.3 Å². The van der Waals surface area contributed by atoms with Gasteiger partial charge in [-0.25, -0.2) is 14.2 Å². The van der Waals surface area contributed by atoms with Crippen LogP contribution >= 0.6 is 11.3 Å². The van der Waals surface area contributed by atoms with Crippen LogP contribution < -0.4 is 5.73 Å². The largest absolute Gasteiger partial charge is 0.430 e. The van der Waals surface area contributed by atoms with Crippen molar-refractivity contribution in [3.63, 3.8) is 0 Å². The Morgan fingerprint density at radius 3 is 3.00 bits per heavy atom. The minimum Gasteiger partial charge on any atom is -0.430 e. The molecule has 0 aliphatic heterocycles. The molecule has 0 amide bonds. The van der Waals surface area contributed by atoms with Crippen LogP contribution in [0.5, 0.6) is 0 Å². The monoisotopic (exact) mass is 293 g/mol. The number of nitrogens with zero attached hydrogens (tertiary/aromatic N) is 2. The summed E-state index contributed by atoms with van der Waals surface area (Å²) in [7, 11) is -1.33. The van der Waals surface area contributed by atoms with Gasteiger partial charge in [0.15, 0.2) is 5.58 Å². The molecule has 1 aromatic carbocycles. The van der Waals surface area contributed by atoms with E-state index >= 15 is 0 Å². The van der Waals surface area contributed by atoms with Gasteiger partial charge in [0.25, 0.3) is 5.22 Å². The Bertz CT molecular complexity index is 763. The van der Waals surface area contributed by atoms with Crippen molar-refractivity contribution in [1.29, 1.82) is 0 Å². The Balaban J connectivity index is 1.89. The second kappa shape index (κ2) is 4.75. The fourth-order valence-corrected chi connectivity index (χ4v) is 3.61. The van der Waals surface area contributed by atoms with Gasteiger partial charge >= 0.3 is 0 Å². The van der Waals surface area contributed by atoms with Crippen molar-refractivity contribution in [3.05, 3.63) is 34.3 Å². The number of aromatic nitrogens is 2. The van der Waals surface area contributed by atoms with Crippen LogP contribution in [0, 0.1) is 6.92 Å². The molecular formula is C12H11N3O2S2. The van der Waals surface area contributed by atoms with E-state index in [2.05, 4.69) is 9.97 Å². The summed E-state index contributed by atoms with van der Waals surface area (Å²) < 4.78 is 17.6. The molecule has 98 valence electrons. The fraction of sp³-hybridized carbons (Fsp3) is 0.167. The van der Waals surface area contributed by atoms with Gasteiger partial charge in [-0.3, -0.25) is 0 Å². The molecule has 0 radical (unpaired) electrons. The number of rotatable bonds is 3. The minimum absolute atomic E-state index is 0.216. The maximum absolute atomic E-state index is 12.2. The van der Waals surface area contributed by atoms with Gasteiger partial charge in [-0.05, 0) is 25.1 Å². The van der Waals surface area contributed by atoms with Crippen molar-refractivity contribution in [2.24, 2.45) is 0 Å². The smallest absolute Gasteiger partial charge is 0.288 e. The maximum Gasteiger partial charge on any atom is 0.288 e. The maximum atomic E-state index is 12.2. The molecule has 3 rings (SSSR count). The first kappa shape index (κ1) is 12.3. The van der Waals surface area contributed by atoms with Crippen molar-refractivity contribution < 1.29 is 8.63 Å². The molecule has 3 aromatic rings. The molecule has 19 heavy (non-hydrogen) atoms. The topological polar surface area (TPSA) is 82.0 Å². The number of anilines is 1. The summed E-state index contributed by atoms with van der Waals surface area (Å²) in [5, 5.41) is 2.96. The Labute approximate surface area is 115 Å². The van der Waals surface area contributed by atoms with Gasteiger partial charge in [0.1, 0.15) is 21.3 Å². The average Bonchev–Trinajstić information content (AvgIpc) is 2.95. The highest BCUT2D eigenvalue weighted by atomic mass is 32.2.